The van der Waals surface area contributed by atoms with E-state index >= 15 is 0 Å². The highest BCUT2D eigenvalue weighted by atomic mass is 15.1. The van der Waals surface area contributed by atoms with Crippen molar-refractivity contribution >= 4 is 17.1 Å². The lowest BCUT2D eigenvalue weighted by Gasteiger charge is -2.32. The van der Waals surface area contributed by atoms with E-state index in [0.29, 0.717) is 0 Å². The van der Waals surface area contributed by atoms with E-state index in [4.69, 9.17) is 4.98 Å². The predicted molar refractivity (Wildman–Crippen MR) is 239 cm³/mol. The zero-order chi connectivity index (χ0) is 38.0. The molecule has 2 heteroatoms. The average Bonchev–Trinajstić information content (AvgIpc) is 3.30. The molecule has 276 valence electrons. The first-order valence-electron chi connectivity index (χ1n) is 20.7. The van der Waals surface area contributed by atoms with Crippen molar-refractivity contribution in [2.75, 3.05) is 4.90 Å². The summed E-state index contributed by atoms with van der Waals surface area (Å²) in [5, 5.41) is 0. The molecule has 0 atom stereocenters. The largest absolute Gasteiger partial charge is 0.309 e. The van der Waals surface area contributed by atoms with Gasteiger partial charge in [0.05, 0.1) is 17.6 Å². The van der Waals surface area contributed by atoms with Crippen LogP contribution >= 0.6 is 0 Å². The standard InChI is InChI=1S/C55H46N2/c1-4-14-39(15-5-1)42-24-26-45(27-25-42)54-49-20-10-12-22-51(49)55(52-23-13-11-21-50(52)54)53-37-36-48(38-56-53)57(46-32-28-43(29-33-46)40-16-6-2-7-17-40)47-34-30-44(31-35-47)41-18-8-3-9-19-41/h1-9,14-19,24-38H,10-13,20-23H2. The Morgan fingerprint density at radius 3 is 1.02 bits per heavy atom. The van der Waals surface area contributed by atoms with Crippen molar-refractivity contribution in [2.45, 2.75) is 51.4 Å². The molecule has 57 heavy (non-hydrogen) atoms. The number of aromatic nitrogens is 1. The third-order valence-corrected chi connectivity index (χ3v) is 12.2. The summed E-state index contributed by atoms with van der Waals surface area (Å²) in [4.78, 5) is 7.71. The molecule has 2 aliphatic rings. The molecule has 2 nitrogen and oxygen atoms in total. The summed E-state index contributed by atoms with van der Waals surface area (Å²) in [5.41, 5.74) is 22.3. The number of pyridine rings is 1. The Kier molecular flexibility index (Phi) is 9.54. The van der Waals surface area contributed by atoms with Gasteiger partial charge in [-0.2, -0.15) is 0 Å². The summed E-state index contributed by atoms with van der Waals surface area (Å²) < 4.78 is 0. The van der Waals surface area contributed by atoms with Gasteiger partial charge in [-0.25, -0.2) is 0 Å². The van der Waals surface area contributed by atoms with Gasteiger partial charge in [0.1, 0.15) is 0 Å². The van der Waals surface area contributed by atoms with E-state index in [1.165, 1.54) is 86.9 Å². The van der Waals surface area contributed by atoms with E-state index in [-0.39, 0.29) is 0 Å². The van der Waals surface area contributed by atoms with Gasteiger partial charge in [-0.15, -0.1) is 0 Å². The van der Waals surface area contributed by atoms with Crippen molar-refractivity contribution in [3.8, 4) is 55.8 Å². The Hall–Kier alpha value is -6.51. The van der Waals surface area contributed by atoms with Crippen LogP contribution in [0.4, 0.5) is 17.1 Å². The fourth-order valence-corrected chi connectivity index (χ4v) is 9.38. The summed E-state index contributed by atoms with van der Waals surface area (Å²) in [5.74, 6) is 0. The fourth-order valence-electron chi connectivity index (χ4n) is 9.38. The van der Waals surface area contributed by atoms with Gasteiger partial charge >= 0.3 is 0 Å². The lowest BCUT2D eigenvalue weighted by molar-refractivity contribution is 0.662. The van der Waals surface area contributed by atoms with E-state index in [0.717, 1.165) is 48.4 Å². The molecule has 2 aliphatic carbocycles. The molecule has 0 spiro atoms. The molecule has 0 aliphatic heterocycles. The number of fused-ring (bicyclic) bond motifs is 2. The van der Waals surface area contributed by atoms with Crippen LogP contribution in [0.25, 0.3) is 55.8 Å². The minimum absolute atomic E-state index is 1.05. The van der Waals surface area contributed by atoms with Gasteiger partial charge in [0.25, 0.3) is 0 Å². The molecule has 0 N–H and O–H groups in total. The second kappa shape index (κ2) is 15.6. The zero-order valence-corrected chi connectivity index (χ0v) is 32.4. The van der Waals surface area contributed by atoms with Gasteiger partial charge in [-0.3, -0.25) is 4.98 Å². The normalized spacial score (nSPS) is 13.4. The smallest absolute Gasteiger partial charge is 0.0709 e. The Balaban J connectivity index is 1.05. The summed E-state index contributed by atoms with van der Waals surface area (Å²) in [6.07, 6.45) is 11.6. The molecule has 0 saturated heterocycles. The minimum Gasteiger partial charge on any atom is -0.309 e. The van der Waals surface area contributed by atoms with Crippen molar-refractivity contribution in [3.63, 3.8) is 0 Å². The molecular weight excluding hydrogens is 689 g/mol. The quantitative estimate of drug-likeness (QED) is 0.155. The third-order valence-electron chi connectivity index (χ3n) is 12.2. The van der Waals surface area contributed by atoms with Crippen molar-refractivity contribution in [2.24, 2.45) is 0 Å². The van der Waals surface area contributed by atoms with E-state index in [1.54, 1.807) is 11.1 Å². The van der Waals surface area contributed by atoms with E-state index in [9.17, 15) is 0 Å². The van der Waals surface area contributed by atoms with Crippen LogP contribution in [0.2, 0.25) is 0 Å². The maximum atomic E-state index is 5.37. The molecule has 0 unspecified atom stereocenters. The van der Waals surface area contributed by atoms with Crippen LogP contribution in [0.1, 0.15) is 47.9 Å². The van der Waals surface area contributed by atoms with Crippen molar-refractivity contribution in [1.29, 1.82) is 0 Å². The molecule has 0 amide bonds. The van der Waals surface area contributed by atoms with Crippen LogP contribution in [0.15, 0.2) is 182 Å². The maximum Gasteiger partial charge on any atom is 0.0709 e. The molecule has 0 saturated carbocycles. The van der Waals surface area contributed by atoms with Crippen LogP contribution < -0.4 is 4.90 Å². The van der Waals surface area contributed by atoms with E-state index in [1.807, 2.05) is 0 Å². The highest BCUT2D eigenvalue weighted by Crippen LogP contribution is 2.46. The number of anilines is 3. The Bertz CT molecular complexity index is 2490. The van der Waals surface area contributed by atoms with Gasteiger partial charge in [-0.1, -0.05) is 140 Å². The minimum atomic E-state index is 1.05. The average molecular weight is 735 g/mol. The molecule has 7 aromatic carbocycles. The van der Waals surface area contributed by atoms with Crippen molar-refractivity contribution in [3.05, 3.63) is 204 Å². The van der Waals surface area contributed by atoms with Crippen LogP contribution in [-0.4, -0.2) is 4.98 Å². The number of hydrogen-bond donors (Lipinski definition) is 0. The first-order chi connectivity index (χ1) is 28.3. The van der Waals surface area contributed by atoms with E-state index < -0.39 is 0 Å². The second-order valence-electron chi connectivity index (χ2n) is 15.6. The zero-order valence-electron chi connectivity index (χ0n) is 32.4. The number of nitrogens with zero attached hydrogens (tertiary/aromatic N) is 2. The molecule has 10 rings (SSSR count). The van der Waals surface area contributed by atoms with Crippen LogP contribution in [0.3, 0.4) is 0 Å². The fraction of sp³-hybridized carbons (Fsp3) is 0.145. The van der Waals surface area contributed by atoms with Gasteiger partial charge < -0.3 is 4.90 Å². The summed E-state index contributed by atoms with van der Waals surface area (Å²) >= 11 is 0. The van der Waals surface area contributed by atoms with Crippen LogP contribution in [0, 0.1) is 0 Å². The summed E-state index contributed by atoms with van der Waals surface area (Å²) in [6, 6.07) is 63.8. The highest BCUT2D eigenvalue weighted by molar-refractivity contribution is 5.86. The van der Waals surface area contributed by atoms with Crippen molar-refractivity contribution < 1.29 is 0 Å². The summed E-state index contributed by atoms with van der Waals surface area (Å²) in [7, 11) is 0. The first kappa shape index (κ1) is 34.9. The van der Waals surface area contributed by atoms with Crippen LogP contribution in [0.5, 0.6) is 0 Å². The van der Waals surface area contributed by atoms with Crippen LogP contribution in [-0.2, 0) is 25.7 Å². The molecule has 0 fully saturated rings. The maximum absolute atomic E-state index is 5.37. The molecule has 1 heterocycles. The molecule has 1 aromatic heterocycles. The Morgan fingerprint density at radius 2 is 0.632 bits per heavy atom. The Labute approximate surface area is 337 Å². The number of rotatable bonds is 8. The lowest BCUT2D eigenvalue weighted by Crippen LogP contribution is -2.16. The molecular formula is C55H46N2. The van der Waals surface area contributed by atoms with Gasteiger partial charge in [0.15, 0.2) is 0 Å². The lowest BCUT2D eigenvalue weighted by atomic mass is 9.73. The number of hydrogen-bond acceptors (Lipinski definition) is 2. The summed E-state index contributed by atoms with van der Waals surface area (Å²) in [6.45, 7) is 0. The monoisotopic (exact) mass is 734 g/mol. The number of benzene rings is 7. The van der Waals surface area contributed by atoms with Gasteiger partial charge in [0.2, 0.25) is 0 Å². The highest BCUT2D eigenvalue weighted by Gasteiger charge is 2.29. The van der Waals surface area contributed by atoms with Crippen molar-refractivity contribution in [1.82, 2.24) is 4.98 Å². The third kappa shape index (κ3) is 6.87. The molecule has 0 bridgehead atoms. The van der Waals surface area contributed by atoms with Gasteiger partial charge in [0, 0.05) is 16.9 Å². The first-order valence-corrected chi connectivity index (χ1v) is 20.7. The Morgan fingerprint density at radius 1 is 0.298 bits per heavy atom. The second-order valence-corrected chi connectivity index (χ2v) is 15.6. The van der Waals surface area contributed by atoms with E-state index in [2.05, 4.69) is 187 Å². The molecule has 8 aromatic rings. The van der Waals surface area contributed by atoms with Gasteiger partial charge in [-0.05, 0) is 155 Å². The predicted octanol–water partition coefficient (Wildman–Crippen LogP) is 14.6. The molecule has 0 radical (unpaired) electrons. The SMILES string of the molecule is c1ccc(-c2ccc(-c3c4c(c(-c5ccc(N(c6ccc(-c7ccccc7)cc6)c6ccc(-c7ccccc7)cc6)cn5)c5c3CCCC5)CCCC4)cc2)cc1. The topological polar surface area (TPSA) is 16.1 Å².